The second-order valence-electron chi connectivity index (χ2n) is 3.58. The van der Waals surface area contributed by atoms with E-state index in [9.17, 15) is 4.79 Å². The number of esters is 1. The van der Waals surface area contributed by atoms with Crippen molar-refractivity contribution >= 4 is 29.2 Å². The lowest BCUT2D eigenvalue weighted by atomic mass is 10.2. The molecule has 0 heterocycles. The van der Waals surface area contributed by atoms with Gasteiger partial charge >= 0.3 is 5.97 Å². The summed E-state index contributed by atoms with van der Waals surface area (Å²) in [6, 6.07) is 3.40. The molecule has 0 saturated heterocycles. The molecule has 0 radical (unpaired) electrons. The first kappa shape index (κ1) is 12.3. The van der Waals surface area contributed by atoms with Crippen LogP contribution in [0.25, 0.3) is 0 Å². The number of hydrogen-bond donors (Lipinski definition) is 0. The fourth-order valence-electron chi connectivity index (χ4n) is 0.933. The normalized spacial score (nSPS) is 10.5. The molecular formula is C11H12Cl2O2. The third-order valence-electron chi connectivity index (χ3n) is 1.92. The maximum absolute atomic E-state index is 11.3. The van der Waals surface area contributed by atoms with Crippen LogP contribution in [0.5, 0.6) is 5.75 Å². The Morgan fingerprint density at radius 1 is 1.27 bits per heavy atom. The zero-order chi connectivity index (χ0) is 11.6. The first-order valence-electron chi connectivity index (χ1n) is 4.59. The van der Waals surface area contributed by atoms with Crippen molar-refractivity contribution in [3.63, 3.8) is 0 Å². The van der Waals surface area contributed by atoms with E-state index in [4.69, 9.17) is 27.9 Å². The van der Waals surface area contributed by atoms with Gasteiger partial charge in [-0.3, -0.25) is 4.79 Å². The van der Waals surface area contributed by atoms with Crippen LogP contribution < -0.4 is 4.74 Å². The van der Waals surface area contributed by atoms with E-state index in [1.165, 1.54) is 0 Å². The third-order valence-corrected chi connectivity index (χ3v) is 2.88. The lowest BCUT2D eigenvalue weighted by Gasteiger charge is -2.10. The van der Waals surface area contributed by atoms with Gasteiger partial charge in [0.1, 0.15) is 5.02 Å². The summed E-state index contributed by atoms with van der Waals surface area (Å²) in [7, 11) is 0. The standard InChI is InChI=1S/C11H12Cl2O2/c1-6(2)11(14)15-8-5-4-7(3)9(12)10(8)13/h4-6H,1-3H3. The number of rotatable bonds is 2. The van der Waals surface area contributed by atoms with Crippen LogP contribution in [0, 0.1) is 12.8 Å². The van der Waals surface area contributed by atoms with E-state index in [-0.39, 0.29) is 16.9 Å². The molecule has 2 nitrogen and oxygen atoms in total. The van der Waals surface area contributed by atoms with Gasteiger partial charge in [0.05, 0.1) is 10.9 Å². The van der Waals surface area contributed by atoms with Crippen LogP contribution in [0.2, 0.25) is 10.0 Å². The summed E-state index contributed by atoms with van der Waals surface area (Å²) in [6.45, 7) is 5.35. The third kappa shape index (κ3) is 2.86. The molecule has 0 fully saturated rings. The molecule has 0 atom stereocenters. The second kappa shape index (κ2) is 4.86. The summed E-state index contributed by atoms with van der Waals surface area (Å²) in [5.74, 6) is -0.205. The average molecular weight is 247 g/mol. The lowest BCUT2D eigenvalue weighted by molar-refractivity contribution is -0.137. The van der Waals surface area contributed by atoms with Gasteiger partial charge < -0.3 is 4.74 Å². The van der Waals surface area contributed by atoms with Crippen LogP contribution in [0.3, 0.4) is 0 Å². The van der Waals surface area contributed by atoms with E-state index in [1.54, 1.807) is 26.0 Å². The average Bonchev–Trinajstić information content (AvgIpc) is 2.18. The van der Waals surface area contributed by atoms with Crippen molar-refractivity contribution in [3.8, 4) is 5.75 Å². The molecule has 0 amide bonds. The summed E-state index contributed by atoms with van der Waals surface area (Å²) in [5, 5.41) is 0.705. The zero-order valence-corrected chi connectivity index (χ0v) is 10.3. The van der Waals surface area contributed by atoms with Crippen molar-refractivity contribution in [3.05, 3.63) is 27.7 Å². The first-order valence-corrected chi connectivity index (χ1v) is 5.35. The van der Waals surface area contributed by atoms with E-state index < -0.39 is 0 Å². The number of carbonyl (C=O) groups excluding carboxylic acids is 1. The number of carbonyl (C=O) groups is 1. The fourth-order valence-corrected chi connectivity index (χ4v) is 1.34. The SMILES string of the molecule is Cc1ccc(OC(=O)C(C)C)c(Cl)c1Cl. The Hall–Kier alpha value is -0.730. The van der Waals surface area contributed by atoms with Gasteiger partial charge in [0.2, 0.25) is 0 Å². The summed E-state index contributed by atoms with van der Waals surface area (Å²) in [5.41, 5.74) is 0.853. The monoisotopic (exact) mass is 246 g/mol. The minimum absolute atomic E-state index is 0.193. The highest BCUT2D eigenvalue weighted by Gasteiger charge is 2.14. The highest BCUT2D eigenvalue weighted by molar-refractivity contribution is 6.43. The molecule has 4 heteroatoms. The van der Waals surface area contributed by atoms with Gasteiger partial charge in [0.15, 0.2) is 5.75 Å². The molecule has 82 valence electrons. The number of ether oxygens (including phenoxy) is 1. The van der Waals surface area contributed by atoms with Crippen LogP contribution in [-0.2, 0) is 4.79 Å². The number of halogens is 2. The van der Waals surface area contributed by atoms with Crippen LogP contribution in [0.4, 0.5) is 0 Å². The molecule has 0 aliphatic heterocycles. The Morgan fingerprint density at radius 3 is 2.40 bits per heavy atom. The molecule has 0 aliphatic carbocycles. The van der Waals surface area contributed by atoms with Crippen molar-refractivity contribution in [2.24, 2.45) is 5.92 Å². The molecule has 0 unspecified atom stereocenters. The Kier molecular flexibility index (Phi) is 4.00. The second-order valence-corrected chi connectivity index (χ2v) is 4.34. The van der Waals surface area contributed by atoms with Gasteiger partial charge in [-0.2, -0.15) is 0 Å². The number of benzene rings is 1. The van der Waals surface area contributed by atoms with Gasteiger partial charge in [-0.1, -0.05) is 43.1 Å². The fraction of sp³-hybridized carbons (Fsp3) is 0.364. The summed E-state index contributed by atoms with van der Waals surface area (Å²) >= 11 is 11.9. The maximum atomic E-state index is 11.3. The minimum Gasteiger partial charge on any atom is -0.425 e. The van der Waals surface area contributed by atoms with Crippen molar-refractivity contribution in [2.75, 3.05) is 0 Å². The molecule has 1 rings (SSSR count). The van der Waals surface area contributed by atoms with E-state index in [0.29, 0.717) is 10.8 Å². The minimum atomic E-state index is -0.322. The predicted octanol–water partition coefficient (Wildman–Crippen LogP) is 3.86. The Morgan fingerprint density at radius 2 is 1.87 bits per heavy atom. The van der Waals surface area contributed by atoms with E-state index in [2.05, 4.69) is 0 Å². The van der Waals surface area contributed by atoms with Crippen LogP contribution in [0.1, 0.15) is 19.4 Å². The molecule has 15 heavy (non-hydrogen) atoms. The zero-order valence-electron chi connectivity index (χ0n) is 8.80. The molecule has 1 aromatic rings. The predicted molar refractivity (Wildman–Crippen MR) is 61.7 cm³/mol. The van der Waals surface area contributed by atoms with Gasteiger partial charge in [-0.15, -0.1) is 0 Å². The molecule has 0 aromatic heterocycles. The quantitative estimate of drug-likeness (QED) is 0.585. The molecule has 0 aliphatic rings. The first-order chi connectivity index (χ1) is 6.93. The number of hydrogen-bond acceptors (Lipinski definition) is 2. The smallest absolute Gasteiger partial charge is 0.313 e. The number of aryl methyl sites for hydroxylation is 1. The van der Waals surface area contributed by atoms with Crippen molar-refractivity contribution < 1.29 is 9.53 Å². The van der Waals surface area contributed by atoms with E-state index in [1.807, 2.05) is 6.92 Å². The molecule has 0 N–H and O–H groups in total. The topological polar surface area (TPSA) is 26.3 Å². The van der Waals surface area contributed by atoms with Crippen molar-refractivity contribution in [1.82, 2.24) is 0 Å². The molecular weight excluding hydrogens is 235 g/mol. The highest BCUT2D eigenvalue weighted by atomic mass is 35.5. The van der Waals surface area contributed by atoms with Gasteiger partial charge in [0.25, 0.3) is 0 Å². The van der Waals surface area contributed by atoms with E-state index >= 15 is 0 Å². The molecule has 1 aromatic carbocycles. The van der Waals surface area contributed by atoms with Crippen LogP contribution >= 0.6 is 23.2 Å². The van der Waals surface area contributed by atoms with E-state index in [0.717, 1.165) is 5.56 Å². The summed E-state index contributed by atoms with van der Waals surface area (Å²) in [6.07, 6.45) is 0. The summed E-state index contributed by atoms with van der Waals surface area (Å²) < 4.78 is 5.09. The van der Waals surface area contributed by atoms with Crippen LogP contribution in [-0.4, -0.2) is 5.97 Å². The summed E-state index contributed by atoms with van der Waals surface area (Å²) in [4.78, 5) is 11.3. The van der Waals surface area contributed by atoms with Crippen LogP contribution in [0.15, 0.2) is 12.1 Å². The lowest BCUT2D eigenvalue weighted by Crippen LogP contribution is -2.15. The maximum Gasteiger partial charge on any atom is 0.313 e. The molecule has 0 saturated carbocycles. The molecule has 0 bridgehead atoms. The molecule has 0 spiro atoms. The Bertz CT molecular complexity index is 386. The van der Waals surface area contributed by atoms with Crippen molar-refractivity contribution in [2.45, 2.75) is 20.8 Å². The van der Waals surface area contributed by atoms with Gasteiger partial charge in [-0.05, 0) is 18.6 Å². The largest absolute Gasteiger partial charge is 0.425 e. The van der Waals surface area contributed by atoms with Gasteiger partial charge in [-0.25, -0.2) is 0 Å². The Balaban J connectivity index is 2.97. The van der Waals surface area contributed by atoms with Gasteiger partial charge in [0, 0.05) is 0 Å². The highest BCUT2D eigenvalue weighted by Crippen LogP contribution is 2.34. The van der Waals surface area contributed by atoms with Crippen molar-refractivity contribution in [1.29, 1.82) is 0 Å². The Labute approximate surface area is 99.1 Å².